The van der Waals surface area contributed by atoms with Crippen molar-refractivity contribution in [1.29, 1.82) is 0 Å². The molecule has 30 heavy (non-hydrogen) atoms. The predicted molar refractivity (Wildman–Crippen MR) is 125 cm³/mol. The molecule has 0 spiro atoms. The average Bonchev–Trinajstić information content (AvgIpc) is 3.02. The van der Waals surface area contributed by atoms with Gasteiger partial charge in [-0.3, -0.25) is 4.79 Å². The first-order valence-corrected chi connectivity index (χ1v) is 13.2. The Bertz CT molecular complexity index is 1240. The van der Waals surface area contributed by atoms with Crippen molar-refractivity contribution in [1.82, 2.24) is 4.57 Å². The largest absolute Gasteiger partial charge is 0.313 e. The summed E-state index contributed by atoms with van der Waals surface area (Å²) in [5, 5.41) is 0. The average molecular weight is 461 g/mol. The standard InChI is InChI=1S/C22H24N2O3S3/c1-4-13-24-19-12-11-18(30(3,26)27)15-20(19)29-22(24)23-21(25)6-5-14-28-17-9-7-16(2)8-10-17/h4,7-12,15H,1,5-6,13-14H2,2-3H3. The van der Waals surface area contributed by atoms with Crippen molar-refractivity contribution in [3.05, 3.63) is 65.5 Å². The van der Waals surface area contributed by atoms with Crippen LogP contribution < -0.4 is 4.80 Å². The zero-order chi connectivity index (χ0) is 21.7. The highest BCUT2D eigenvalue weighted by Crippen LogP contribution is 2.22. The smallest absolute Gasteiger partial charge is 0.248 e. The second-order valence-electron chi connectivity index (χ2n) is 6.96. The van der Waals surface area contributed by atoms with Crippen LogP contribution in [0.1, 0.15) is 18.4 Å². The van der Waals surface area contributed by atoms with Crippen LogP contribution in [0.2, 0.25) is 0 Å². The fourth-order valence-corrected chi connectivity index (χ4v) is 5.56. The van der Waals surface area contributed by atoms with Gasteiger partial charge in [0.15, 0.2) is 14.6 Å². The van der Waals surface area contributed by atoms with E-state index in [1.54, 1.807) is 36.0 Å². The van der Waals surface area contributed by atoms with Gasteiger partial charge in [0.1, 0.15) is 0 Å². The first-order chi connectivity index (χ1) is 14.3. The van der Waals surface area contributed by atoms with E-state index in [2.05, 4.69) is 42.8 Å². The van der Waals surface area contributed by atoms with Gasteiger partial charge in [0.05, 0.1) is 15.1 Å². The Labute approximate surface area is 185 Å². The molecule has 0 atom stereocenters. The summed E-state index contributed by atoms with van der Waals surface area (Å²) in [4.78, 5) is 18.7. The summed E-state index contributed by atoms with van der Waals surface area (Å²) < 4.78 is 26.3. The van der Waals surface area contributed by atoms with Crippen molar-refractivity contribution in [3.63, 3.8) is 0 Å². The van der Waals surface area contributed by atoms with Crippen LogP contribution in [-0.2, 0) is 21.2 Å². The number of benzene rings is 2. The van der Waals surface area contributed by atoms with Gasteiger partial charge in [-0.15, -0.1) is 18.3 Å². The van der Waals surface area contributed by atoms with E-state index >= 15 is 0 Å². The number of amides is 1. The minimum Gasteiger partial charge on any atom is -0.313 e. The zero-order valence-electron chi connectivity index (χ0n) is 17.0. The van der Waals surface area contributed by atoms with Gasteiger partial charge in [0, 0.05) is 24.1 Å². The molecular weight excluding hydrogens is 436 g/mol. The van der Waals surface area contributed by atoms with Crippen LogP contribution in [0.15, 0.2) is 69.9 Å². The van der Waals surface area contributed by atoms with E-state index in [4.69, 9.17) is 0 Å². The van der Waals surface area contributed by atoms with Gasteiger partial charge < -0.3 is 4.57 Å². The molecule has 0 bridgehead atoms. The van der Waals surface area contributed by atoms with Crippen molar-refractivity contribution in [2.45, 2.75) is 36.1 Å². The number of sulfone groups is 1. The molecule has 8 heteroatoms. The molecule has 1 amide bonds. The highest BCUT2D eigenvalue weighted by Gasteiger charge is 2.12. The van der Waals surface area contributed by atoms with E-state index in [1.165, 1.54) is 28.1 Å². The molecule has 5 nitrogen and oxygen atoms in total. The molecule has 3 rings (SSSR count). The third kappa shape index (κ3) is 5.71. The lowest BCUT2D eigenvalue weighted by molar-refractivity contribution is -0.118. The van der Waals surface area contributed by atoms with Crippen molar-refractivity contribution in [3.8, 4) is 0 Å². The number of carbonyl (C=O) groups is 1. The Balaban J connectivity index is 1.74. The van der Waals surface area contributed by atoms with E-state index in [0.717, 1.165) is 22.4 Å². The van der Waals surface area contributed by atoms with Crippen LogP contribution in [0.5, 0.6) is 0 Å². The molecule has 0 aliphatic rings. The maximum atomic E-state index is 12.4. The molecule has 0 saturated carbocycles. The Morgan fingerprint density at radius 1 is 1.23 bits per heavy atom. The van der Waals surface area contributed by atoms with Gasteiger partial charge in [0.2, 0.25) is 5.91 Å². The quantitative estimate of drug-likeness (QED) is 0.280. The molecule has 0 saturated heterocycles. The third-order valence-electron chi connectivity index (χ3n) is 4.44. The highest BCUT2D eigenvalue weighted by molar-refractivity contribution is 7.99. The van der Waals surface area contributed by atoms with E-state index in [9.17, 15) is 13.2 Å². The summed E-state index contributed by atoms with van der Waals surface area (Å²) in [5.74, 6) is 0.674. The normalized spacial score (nSPS) is 12.4. The molecule has 2 aromatic carbocycles. The minimum absolute atomic E-state index is 0.174. The van der Waals surface area contributed by atoms with Crippen molar-refractivity contribution < 1.29 is 13.2 Å². The number of nitrogens with zero attached hydrogens (tertiary/aromatic N) is 2. The predicted octanol–water partition coefficient (Wildman–Crippen LogP) is 4.60. The molecule has 0 fully saturated rings. The van der Waals surface area contributed by atoms with E-state index < -0.39 is 9.84 Å². The summed E-state index contributed by atoms with van der Waals surface area (Å²) in [6.45, 7) is 6.33. The van der Waals surface area contributed by atoms with Crippen molar-refractivity contribution in [2.75, 3.05) is 12.0 Å². The molecule has 1 heterocycles. The monoisotopic (exact) mass is 460 g/mol. The molecule has 3 aromatic rings. The molecule has 0 aliphatic heterocycles. The molecule has 158 valence electrons. The lowest BCUT2D eigenvalue weighted by atomic mass is 10.2. The first-order valence-electron chi connectivity index (χ1n) is 9.49. The van der Waals surface area contributed by atoms with Gasteiger partial charge in [-0.25, -0.2) is 8.42 Å². The number of carbonyl (C=O) groups excluding carboxylic acids is 1. The Morgan fingerprint density at radius 3 is 2.63 bits per heavy atom. The number of hydrogen-bond acceptors (Lipinski definition) is 5. The Morgan fingerprint density at radius 2 is 1.97 bits per heavy atom. The molecule has 0 aliphatic carbocycles. The van der Waals surface area contributed by atoms with Crippen LogP contribution in [0, 0.1) is 6.92 Å². The van der Waals surface area contributed by atoms with Gasteiger partial charge in [-0.05, 0) is 49.4 Å². The summed E-state index contributed by atoms with van der Waals surface area (Å²) in [5.41, 5.74) is 2.07. The number of thiazole rings is 1. The number of hydrogen-bond donors (Lipinski definition) is 0. The van der Waals surface area contributed by atoms with Crippen LogP contribution in [-0.4, -0.2) is 30.9 Å². The maximum absolute atomic E-state index is 12.4. The van der Waals surface area contributed by atoms with Crippen LogP contribution in [0.3, 0.4) is 0 Å². The minimum atomic E-state index is -3.30. The van der Waals surface area contributed by atoms with E-state index in [1.807, 2.05) is 4.57 Å². The fraction of sp³-hybridized carbons (Fsp3) is 0.273. The number of thioether (sulfide) groups is 1. The number of aromatic nitrogens is 1. The molecular formula is C22H24N2O3S3. The third-order valence-corrected chi connectivity index (χ3v) is 7.69. The highest BCUT2D eigenvalue weighted by atomic mass is 32.2. The Kier molecular flexibility index (Phi) is 7.33. The summed E-state index contributed by atoms with van der Waals surface area (Å²) in [7, 11) is -3.30. The second-order valence-corrected chi connectivity index (χ2v) is 11.1. The number of aryl methyl sites for hydroxylation is 1. The number of allylic oxidation sites excluding steroid dienone is 1. The van der Waals surface area contributed by atoms with Gasteiger partial charge in [-0.1, -0.05) is 35.1 Å². The van der Waals surface area contributed by atoms with E-state index in [-0.39, 0.29) is 10.8 Å². The molecule has 0 N–H and O–H groups in total. The molecule has 0 radical (unpaired) electrons. The Hall–Kier alpha value is -2.16. The lowest BCUT2D eigenvalue weighted by Crippen LogP contribution is -2.16. The fourth-order valence-electron chi connectivity index (χ4n) is 2.89. The SMILES string of the molecule is C=CCn1c(=NC(=O)CCCSc2ccc(C)cc2)sc2cc(S(C)(=O)=O)ccc21. The topological polar surface area (TPSA) is 68.5 Å². The van der Waals surface area contributed by atoms with Gasteiger partial charge in [-0.2, -0.15) is 4.99 Å². The van der Waals surface area contributed by atoms with Gasteiger partial charge >= 0.3 is 0 Å². The van der Waals surface area contributed by atoms with Crippen molar-refractivity contribution >= 4 is 49.1 Å². The lowest BCUT2D eigenvalue weighted by Gasteiger charge is -2.02. The summed E-state index contributed by atoms with van der Waals surface area (Å²) >= 11 is 3.05. The second kappa shape index (κ2) is 9.76. The number of fused-ring (bicyclic) bond motifs is 1. The van der Waals surface area contributed by atoms with E-state index in [0.29, 0.717) is 17.8 Å². The number of rotatable bonds is 8. The maximum Gasteiger partial charge on any atom is 0.248 e. The van der Waals surface area contributed by atoms with Crippen LogP contribution >= 0.6 is 23.1 Å². The van der Waals surface area contributed by atoms with Crippen LogP contribution in [0.4, 0.5) is 0 Å². The van der Waals surface area contributed by atoms with Crippen LogP contribution in [0.25, 0.3) is 10.2 Å². The first kappa shape index (κ1) is 22.5. The van der Waals surface area contributed by atoms with Gasteiger partial charge in [0.25, 0.3) is 0 Å². The summed E-state index contributed by atoms with van der Waals surface area (Å²) in [6, 6.07) is 13.3. The molecule has 1 aromatic heterocycles. The zero-order valence-corrected chi connectivity index (χ0v) is 19.4. The van der Waals surface area contributed by atoms with Crippen molar-refractivity contribution in [2.24, 2.45) is 4.99 Å². The summed E-state index contributed by atoms with van der Waals surface area (Å²) in [6.07, 6.45) is 4.03. The molecule has 0 unspecified atom stereocenters.